The summed E-state index contributed by atoms with van der Waals surface area (Å²) < 4.78 is 7.46. The lowest BCUT2D eigenvalue weighted by atomic mass is 10.0. The third-order valence-electron chi connectivity index (χ3n) is 4.65. The molecule has 1 amide bonds. The maximum absolute atomic E-state index is 13.1. The van der Waals surface area contributed by atoms with E-state index in [0.717, 1.165) is 16.5 Å². The van der Waals surface area contributed by atoms with Crippen LogP contribution in [-0.2, 0) is 7.05 Å². The predicted molar refractivity (Wildman–Crippen MR) is 118 cm³/mol. The first kappa shape index (κ1) is 19.9. The van der Waals surface area contributed by atoms with Gasteiger partial charge in [-0.1, -0.05) is 29.8 Å². The summed E-state index contributed by atoms with van der Waals surface area (Å²) in [4.78, 5) is 17.8. The number of pyridine rings is 1. The zero-order valence-corrected chi connectivity index (χ0v) is 17.4. The number of hydrogen-bond donors (Lipinski definition) is 1. The van der Waals surface area contributed by atoms with Crippen molar-refractivity contribution in [1.29, 1.82) is 0 Å². The summed E-state index contributed by atoms with van der Waals surface area (Å²) in [5, 5.41) is 8.67. The number of benzene rings is 2. The topological polar surface area (TPSA) is 69.0 Å². The van der Waals surface area contributed by atoms with E-state index in [-0.39, 0.29) is 11.9 Å². The van der Waals surface area contributed by atoms with Crippen LogP contribution in [-0.4, -0.2) is 33.3 Å². The molecule has 1 atom stereocenters. The predicted octanol–water partition coefficient (Wildman–Crippen LogP) is 4.49. The highest BCUT2D eigenvalue weighted by Gasteiger charge is 2.16. The van der Waals surface area contributed by atoms with Crippen molar-refractivity contribution >= 4 is 28.4 Å². The minimum atomic E-state index is -0.193. The Hall–Kier alpha value is -3.38. The van der Waals surface area contributed by atoms with Gasteiger partial charge in [0.15, 0.2) is 0 Å². The van der Waals surface area contributed by atoms with Crippen LogP contribution < -0.4 is 10.1 Å². The average Bonchev–Trinajstić information content (AvgIpc) is 3.19. The fourth-order valence-electron chi connectivity index (χ4n) is 3.16. The van der Waals surface area contributed by atoms with Gasteiger partial charge in [0.2, 0.25) is 0 Å². The third kappa shape index (κ3) is 4.44. The second-order valence-corrected chi connectivity index (χ2v) is 7.55. The van der Waals surface area contributed by atoms with Gasteiger partial charge in [0.05, 0.1) is 29.0 Å². The number of nitrogens with one attached hydrogen (secondary N) is 1. The van der Waals surface area contributed by atoms with Crippen LogP contribution in [0.25, 0.3) is 22.2 Å². The van der Waals surface area contributed by atoms with Gasteiger partial charge in [0.1, 0.15) is 12.4 Å². The van der Waals surface area contributed by atoms with Crippen molar-refractivity contribution in [1.82, 2.24) is 20.1 Å². The summed E-state index contributed by atoms with van der Waals surface area (Å²) in [5.74, 6) is 0.527. The summed E-state index contributed by atoms with van der Waals surface area (Å²) in [6.45, 7) is 2.24. The van der Waals surface area contributed by atoms with Crippen LogP contribution in [0.5, 0.6) is 5.75 Å². The van der Waals surface area contributed by atoms with Crippen LogP contribution in [0.4, 0.5) is 0 Å². The van der Waals surface area contributed by atoms with E-state index in [0.29, 0.717) is 28.6 Å². The molecule has 4 aromatic rings. The Kier molecular flexibility index (Phi) is 5.68. The second-order valence-electron chi connectivity index (χ2n) is 7.11. The zero-order valence-electron chi connectivity index (χ0n) is 16.7. The zero-order chi connectivity index (χ0) is 21.1. The number of ether oxygens (including phenoxy) is 1. The van der Waals surface area contributed by atoms with Gasteiger partial charge in [0.25, 0.3) is 5.91 Å². The molecule has 0 aliphatic carbocycles. The molecule has 152 valence electrons. The van der Waals surface area contributed by atoms with Crippen molar-refractivity contribution in [2.75, 3.05) is 6.61 Å². The van der Waals surface area contributed by atoms with Crippen LogP contribution in [0, 0.1) is 0 Å². The number of carbonyl (C=O) groups excluding carboxylic acids is 1. The number of para-hydroxylation sites is 1. The van der Waals surface area contributed by atoms with Gasteiger partial charge in [-0.05, 0) is 43.3 Å². The number of nitrogens with zero attached hydrogens (tertiary/aromatic N) is 3. The molecule has 1 N–H and O–H groups in total. The molecule has 6 nitrogen and oxygen atoms in total. The summed E-state index contributed by atoms with van der Waals surface area (Å²) in [6, 6.07) is 16.4. The molecule has 0 spiro atoms. The van der Waals surface area contributed by atoms with Crippen molar-refractivity contribution in [2.45, 2.75) is 13.0 Å². The van der Waals surface area contributed by atoms with Crippen molar-refractivity contribution in [3.8, 4) is 17.0 Å². The van der Waals surface area contributed by atoms with E-state index in [1.54, 1.807) is 41.2 Å². The first-order chi connectivity index (χ1) is 14.5. The van der Waals surface area contributed by atoms with E-state index < -0.39 is 0 Å². The van der Waals surface area contributed by atoms with Gasteiger partial charge in [-0.2, -0.15) is 5.10 Å². The highest BCUT2D eigenvalue weighted by atomic mass is 35.5. The standard InChI is InChI=1S/C23H21ClN4O2/c1-15(14-30-18-9-7-17(24)8-10-18)26-23(29)20-11-22(16-12-25-28(2)13-16)27-21-6-4-3-5-19(20)21/h3-13,15H,14H2,1-2H3,(H,26,29). The van der Waals surface area contributed by atoms with Gasteiger partial charge in [-0.25, -0.2) is 4.98 Å². The third-order valence-corrected chi connectivity index (χ3v) is 4.90. The van der Waals surface area contributed by atoms with Crippen LogP contribution in [0.15, 0.2) is 67.0 Å². The number of halogens is 1. The second kappa shape index (κ2) is 8.55. The number of aromatic nitrogens is 3. The Morgan fingerprint density at radius 2 is 1.97 bits per heavy atom. The molecule has 30 heavy (non-hydrogen) atoms. The van der Waals surface area contributed by atoms with Crippen LogP contribution in [0.3, 0.4) is 0 Å². The van der Waals surface area contributed by atoms with E-state index in [1.807, 2.05) is 44.4 Å². The Labute approximate surface area is 179 Å². The van der Waals surface area contributed by atoms with Gasteiger partial charge < -0.3 is 10.1 Å². The van der Waals surface area contributed by atoms with Crippen LogP contribution in [0.1, 0.15) is 17.3 Å². The number of aryl methyl sites for hydroxylation is 1. The fraction of sp³-hybridized carbons (Fsp3) is 0.174. The average molecular weight is 421 g/mol. The number of amides is 1. The summed E-state index contributed by atoms with van der Waals surface area (Å²) in [7, 11) is 1.85. The Balaban J connectivity index is 1.55. The molecule has 0 saturated carbocycles. The van der Waals surface area contributed by atoms with Gasteiger partial charge in [-0.15, -0.1) is 0 Å². The molecule has 0 saturated heterocycles. The number of hydrogen-bond acceptors (Lipinski definition) is 4. The number of fused-ring (bicyclic) bond motifs is 1. The van der Waals surface area contributed by atoms with Crippen molar-refractivity contribution < 1.29 is 9.53 Å². The smallest absolute Gasteiger partial charge is 0.252 e. The highest BCUT2D eigenvalue weighted by molar-refractivity contribution is 6.30. The normalized spacial score (nSPS) is 12.0. The van der Waals surface area contributed by atoms with E-state index in [1.165, 1.54) is 0 Å². The van der Waals surface area contributed by atoms with Crippen LogP contribution >= 0.6 is 11.6 Å². The lowest BCUT2D eigenvalue weighted by Crippen LogP contribution is -2.37. The van der Waals surface area contributed by atoms with E-state index in [2.05, 4.69) is 10.4 Å². The highest BCUT2D eigenvalue weighted by Crippen LogP contribution is 2.24. The minimum absolute atomic E-state index is 0.175. The molecule has 0 aliphatic rings. The van der Waals surface area contributed by atoms with Gasteiger partial charge in [-0.3, -0.25) is 9.48 Å². The Morgan fingerprint density at radius 3 is 2.70 bits per heavy atom. The van der Waals surface area contributed by atoms with Crippen molar-refractivity contribution in [2.24, 2.45) is 7.05 Å². The van der Waals surface area contributed by atoms with Gasteiger partial charge in [0, 0.05) is 29.2 Å². The van der Waals surface area contributed by atoms with E-state index in [4.69, 9.17) is 21.3 Å². The molecule has 0 bridgehead atoms. The number of carbonyl (C=O) groups is 1. The maximum Gasteiger partial charge on any atom is 0.252 e. The van der Waals surface area contributed by atoms with Crippen molar-refractivity contribution in [3.63, 3.8) is 0 Å². The van der Waals surface area contributed by atoms with Crippen molar-refractivity contribution in [3.05, 3.63) is 77.6 Å². The summed E-state index contributed by atoms with van der Waals surface area (Å²) >= 11 is 5.89. The lowest BCUT2D eigenvalue weighted by molar-refractivity contribution is 0.0928. The molecular weight excluding hydrogens is 400 g/mol. The summed E-state index contributed by atoms with van der Waals surface area (Å²) in [5.41, 5.74) is 2.89. The first-order valence-corrected chi connectivity index (χ1v) is 9.95. The molecule has 2 heterocycles. The molecular formula is C23H21ClN4O2. The Morgan fingerprint density at radius 1 is 1.20 bits per heavy atom. The molecule has 1 unspecified atom stereocenters. The maximum atomic E-state index is 13.1. The fourth-order valence-corrected chi connectivity index (χ4v) is 3.29. The largest absolute Gasteiger partial charge is 0.491 e. The van der Waals surface area contributed by atoms with E-state index >= 15 is 0 Å². The molecule has 2 aromatic carbocycles. The van der Waals surface area contributed by atoms with Crippen LogP contribution in [0.2, 0.25) is 5.02 Å². The number of rotatable bonds is 6. The Bertz CT molecular complexity index is 1190. The molecule has 2 aromatic heterocycles. The molecule has 0 radical (unpaired) electrons. The van der Waals surface area contributed by atoms with E-state index in [9.17, 15) is 4.79 Å². The molecule has 0 fully saturated rings. The lowest BCUT2D eigenvalue weighted by Gasteiger charge is -2.16. The molecule has 7 heteroatoms. The molecule has 0 aliphatic heterocycles. The monoisotopic (exact) mass is 420 g/mol. The van der Waals surface area contributed by atoms with Gasteiger partial charge >= 0.3 is 0 Å². The SMILES string of the molecule is CC(COc1ccc(Cl)cc1)NC(=O)c1cc(-c2cnn(C)c2)nc2ccccc12. The summed E-state index contributed by atoms with van der Waals surface area (Å²) in [6.07, 6.45) is 3.61. The minimum Gasteiger partial charge on any atom is -0.491 e. The quantitative estimate of drug-likeness (QED) is 0.499. The molecule has 4 rings (SSSR count). The first-order valence-electron chi connectivity index (χ1n) is 9.57.